The van der Waals surface area contributed by atoms with Crippen LogP contribution in [0.1, 0.15) is 134 Å². The number of guanidine groups is 2. The van der Waals surface area contributed by atoms with Crippen LogP contribution >= 0.6 is 0 Å². The zero-order chi connectivity index (χ0) is 76.7. The van der Waals surface area contributed by atoms with Gasteiger partial charge in [0.2, 0.25) is 11.8 Å². The maximum Gasteiger partial charge on any atom is 0.338 e. The minimum atomic E-state index is -0.743. The third kappa shape index (κ3) is 40.0. The quantitative estimate of drug-likeness (QED) is 0.0108. The molecule has 43 nitrogen and oxygen atoms in total. The molecule has 0 saturated carbocycles. The number of hydrogen-bond acceptors (Lipinski definition) is 32. The summed E-state index contributed by atoms with van der Waals surface area (Å²) in [6.07, 6.45) is 4.43. The molecule has 103 heavy (non-hydrogen) atoms. The van der Waals surface area contributed by atoms with Crippen LogP contribution in [0, 0.1) is 11.8 Å². The molecule has 0 spiro atoms. The number of anilines is 6. The van der Waals surface area contributed by atoms with Crippen LogP contribution in [0.5, 0.6) is 0 Å². The summed E-state index contributed by atoms with van der Waals surface area (Å²) in [6, 6.07) is 0. The van der Waals surface area contributed by atoms with E-state index in [1.54, 1.807) is 0 Å². The molecular formula is C60H113N29O14+2. The second kappa shape index (κ2) is 56.1. The molecule has 0 aliphatic carbocycles. The van der Waals surface area contributed by atoms with E-state index < -0.39 is 35.3 Å². The molecule has 580 valence electrons. The lowest BCUT2D eigenvalue weighted by Gasteiger charge is -2.18. The fourth-order valence-corrected chi connectivity index (χ4v) is 8.49. The van der Waals surface area contributed by atoms with Gasteiger partial charge in [0.15, 0.2) is 86.4 Å². The standard InChI is InChI=1S/C25H47N7O8.C24H45N15O4.C11H19N7O2/c26-5-2-9-36-13-17-39-16-12-35-8-1-4-20(33)21-23(28)32-22(24(29)31-21)25(34)30-7-11-38-15-19-40-18-14-37-10-3-6-27;25-5-9-33-20(41)13(3-1-7-35-23(29)30)11-15(40)16-18(27)39-17(19(28)38-16)22(43)37-12-14(21(42)34-10-6-26)4-2-8-36-24(31)32;12-3-1-2-6(19)7-9(14)18-8(10(15)17-7)11(20)16-5-4-13/h1-19,26-27H2,(H2,28,32)(H2,29,31)(H,30,34);13-14H,1-12,25-26H2,(H2,27,39)(H2,28,38)(H,33,41)(H,34,42)(H,37,43)(H4,29,30,35)(H4,31,32,36);1-5,12-13H2,(H2,14,18)(H2,15,17)(H,16,20)/p+2. The van der Waals surface area contributed by atoms with Crippen LogP contribution < -0.4 is 128 Å². The van der Waals surface area contributed by atoms with Gasteiger partial charge in [0, 0.05) is 97.4 Å². The van der Waals surface area contributed by atoms with Crippen molar-refractivity contribution in [1.82, 2.24) is 56.5 Å². The SMILES string of the molecule is NCCCC(=O)c1nc(N)c(C(=O)NCCN)nc1N.NCCCOCCOCCOCCCC(=O)c1nc(N)c(C(=O)NCCOCCOCCOCCCN)nc1N.NCCNC(=O)C(CCC[NH+]=C(N)N)CNC(=O)c1nc(N)c(C(=O)CC(CCC[NH+]=C(N)N)C(=O)NCCN)nc1N. The minimum absolute atomic E-state index is 0.0358. The monoisotopic (exact) mass is 1460 g/mol. The highest BCUT2D eigenvalue weighted by Crippen LogP contribution is 2.21. The Morgan fingerprint density at radius 3 is 1.04 bits per heavy atom. The smallest absolute Gasteiger partial charge is 0.338 e. The number of ketones is 3. The number of amides is 5. The van der Waals surface area contributed by atoms with Crippen LogP contribution in [0.2, 0.25) is 0 Å². The molecule has 3 rings (SSSR count). The number of rotatable bonds is 54. The van der Waals surface area contributed by atoms with Crippen molar-refractivity contribution in [3.8, 4) is 0 Å². The molecule has 3 heterocycles. The van der Waals surface area contributed by atoms with Gasteiger partial charge in [-0.1, -0.05) is 0 Å². The fraction of sp³-hybridized carbons (Fsp3) is 0.633. The van der Waals surface area contributed by atoms with E-state index in [2.05, 4.69) is 66.5 Å². The van der Waals surface area contributed by atoms with Gasteiger partial charge in [0.05, 0.1) is 78.5 Å². The summed E-state index contributed by atoms with van der Waals surface area (Å²) in [6.45, 7) is 9.56. The first-order valence-corrected chi connectivity index (χ1v) is 33.6. The summed E-state index contributed by atoms with van der Waals surface area (Å²) in [4.78, 5) is 129. The van der Waals surface area contributed by atoms with Crippen LogP contribution in [0.25, 0.3) is 0 Å². The number of nitrogens with one attached hydrogen (secondary N) is 7. The largest absolute Gasteiger partial charge is 0.382 e. The Morgan fingerprint density at radius 2 is 0.641 bits per heavy atom. The highest BCUT2D eigenvalue weighted by molar-refractivity contribution is 6.04. The van der Waals surface area contributed by atoms with Crippen LogP contribution in [-0.2, 0) is 38.0 Å². The van der Waals surface area contributed by atoms with E-state index in [1.165, 1.54) is 0 Å². The number of carbonyl (C=O) groups excluding carboxylic acids is 8. The number of ether oxygens (including phenoxy) is 6. The van der Waals surface area contributed by atoms with Crippen molar-refractivity contribution in [3.63, 3.8) is 0 Å². The zero-order valence-electron chi connectivity index (χ0n) is 58.7. The number of nitrogen functional groups attached to an aromatic ring is 6. The first-order valence-electron chi connectivity index (χ1n) is 33.6. The van der Waals surface area contributed by atoms with E-state index in [0.717, 1.165) is 12.8 Å². The molecular weight excluding hydrogens is 1350 g/mol. The van der Waals surface area contributed by atoms with E-state index in [-0.39, 0.29) is 183 Å². The number of carbonyl (C=O) groups is 8. The molecule has 0 fully saturated rings. The predicted molar refractivity (Wildman–Crippen MR) is 384 cm³/mol. The Morgan fingerprint density at radius 1 is 0.330 bits per heavy atom. The maximum atomic E-state index is 13.1. The number of nitrogens with zero attached hydrogens (tertiary/aromatic N) is 6. The van der Waals surface area contributed by atoms with Gasteiger partial charge in [-0.05, 0) is 71.0 Å². The lowest BCUT2D eigenvalue weighted by molar-refractivity contribution is -0.460. The molecule has 3 aromatic rings. The van der Waals surface area contributed by atoms with Crippen molar-refractivity contribution in [2.75, 3.05) is 199 Å². The summed E-state index contributed by atoms with van der Waals surface area (Å²) in [7, 11) is 0. The average molecular weight is 1460 g/mol. The molecule has 43 heteroatoms. The second-order valence-corrected chi connectivity index (χ2v) is 22.1. The Labute approximate surface area is 597 Å². The van der Waals surface area contributed by atoms with E-state index in [0.29, 0.717) is 144 Å². The number of nitrogens with two attached hydrogens (primary N) is 16. The highest BCUT2D eigenvalue weighted by Gasteiger charge is 2.28. The fourth-order valence-electron chi connectivity index (χ4n) is 8.49. The normalized spacial score (nSPS) is 11.3. The molecule has 0 bridgehead atoms. The summed E-state index contributed by atoms with van der Waals surface area (Å²) in [5.41, 5.74) is 87.9. The minimum Gasteiger partial charge on any atom is -0.382 e. The van der Waals surface area contributed by atoms with Gasteiger partial charge in [0.25, 0.3) is 17.7 Å². The molecule has 2 atom stereocenters. The van der Waals surface area contributed by atoms with Crippen molar-refractivity contribution >= 4 is 93.7 Å². The van der Waals surface area contributed by atoms with E-state index in [1.807, 2.05) is 0 Å². The van der Waals surface area contributed by atoms with Gasteiger partial charge in [-0.15, -0.1) is 0 Å². The summed E-state index contributed by atoms with van der Waals surface area (Å²) in [5.74, 6) is -6.30. The van der Waals surface area contributed by atoms with E-state index in [4.69, 9.17) is 120 Å². The summed E-state index contributed by atoms with van der Waals surface area (Å²) >= 11 is 0. The second-order valence-electron chi connectivity index (χ2n) is 22.1. The van der Waals surface area contributed by atoms with Crippen molar-refractivity contribution in [2.24, 2.45) is 69.2 Å². The van der Waals surface area contributed by atoms with Crippen LogP contribution in [0.4, 0.5) is 34.9 Å². The Balaban J connectivity index is 0.000000820. The topological polar surface area (TPSA) is 774 Å². The van der Waals surface area contributed by atoms with Crippen LogP contribution in [0.15, 0.2) is 0 Å². The lowest BCUT2D eigenvalue weighted by Crippen LogP contribution is -2.78. The maximum absolute atomic E-state index is 13.1. The third-order valence-electron chi connectivity index (χ3n) is 13.7. The molecule has 0 aliphatic rings. The number of aromatic nitrogens is 6. The molecule has 2 unspecified atom stereocenters. The predicted octanol–water partition coefficient (Wildman–Crippen LogP) is -11.0. The van der Waals surface area contributed by atoms with Gasteiger partial charge in [-0.3, -0.25) is 71.3 Å². The summed E-state index contributed by atoms with van der Waals surface area (Å²) < 4.78 is 32.3. The number of Topliss-reactive ketones (excluding diaryl/α,β-unsaturated/α-hetero) is 3. The Kier molecular flexibility index (Phi) is 49.8. The van der Waals surface area contributed by atoms with Gasteiger partial charge in [0.1, 0.15) is 0 Å². The molecule has 0 saturated heterocycles. The van der Waals surface area contributed by atoms with Crippen molar-refractivity contribution < 1.29 is 76.8 Å². The average Bonchev–Trinajstić information content (AvgIpc) is 0.835. The van der Waals surface area contributed by atoms with E-state index >= 15 is 0 Å². The molecule has 0 aromatic carbocycles. The molecule has 3 aromatic heterocycles. The van der Waals surface area contributed by atoms with Crippen molar-refractivity contribution in [3.05, 3.63) is 34.2 Å². The molecule has 5 amide bonds. The Hall–Kier alpha value is -9.54. The highest BCUT2D eigenvalue weighted by atomic mass is 16.5. The van der Waals surface area contributed by atoms with Crippen LogP contribution in [-0.4, -0.2) is 253 Å². The van der Waals surface area contributed by atoms with Crippen molar-refractivity contribution in [1.29, 1.82) is 0 Å². The van der Waals surface area contributed by atoms with Crippen molar-refractivity contribution in [2.45, 2.75) is 70.6 Å². The van der Waals surface area contributed by atoms with Crippen LogP contribution in [0.3, 0.4) is 0 Å². The first kappa shape index (κ1) is 91.5. The molecule has 39 N–H and O–H groups in total. The van der Waals surface area contributed by atoms with Gasteiger partial charge in [-0.25, -0.2) is 29.9 Å². The lowest BCUT2D eigenvalue weighted by atomic mass is 9.94. The van der Waals surface area contributed by atoms with Gasteiger partial charge < -0.3 is 124 Å². The summed E-state index contributed by atoms with van der Waals surface area (Å²) in [5, 5.41) is 13.1. The third-order valence-corrected chi connectivity index (χ3v) is 13.7. The molecule has 0 radical (unpaired) electrons. The van der Waals surface area contributed by atoms with E-state index in [9.17, 15) is 38.4 Å². The number of hydrogen-bond donors (Lipinski definition) is 23. The Bertz CT molecular complexity index is 2980. The van der Waals surface area contributed by atoms with Gasteiger partial charge in [-0.2, -0.15) is 0 Å². The van der Waals surface area contributed by atoms with Gasteiger partial charge >= 0.3 is 11.9 Å². The zero-order valence-corrected chi connectivity index (χ0v) is 58.7. The molecule has 0 aliphatic heterocycles. The first-order chi connectivity index (χ1) is 49.4.